The smallest absolute Gasteiger partial charge is 0.260 e. The Hall–Kier alpha value is -2.29. The zero-order chi connectivity index (χ0) is 23.0. The molecule has 1 unspecified atom stereocenters. The van der Waals surface area contributed by atoms with Gasteiger partial charge in [0.2, 0.25) is 0 Å². The number of aryl methyl sites for hydroxylation is 2. The topological polar surface area (TPSA) is 76.6 Å². The molecule has 170 valence electrons. The van der Waals surface area contributed by atoms with Crippen molar-refractivity contribution >= 4 is 42.4 Å². The lowest BCUT2D eigenvalue weighted by Gasteiger charge is -2.23. The number of thiazole rings is 1. The van der Waals surface area contributed by atoms with Crippen molar-refractivity contribution in [3.05, 3.63) is 53.1 Å². The first-order chi connectivity index (χ1) is 15.2. The maximum absolute atomic E-state index is 13.5. The van der Waals surface area contributed by atoms with Crippen LogP contribution in [0.2, 0.25) is 0 Å². The summed E-state index contributed by atoms with van der Waals surface area (Å²) >= 11 is 1.49. The summed E-state index contributed by atoms with van der Waals surface area (Å²) < 4.78 is 31.7. The number of aromatic nitrogens is 1. The molecule has 2 aromatic carbocycles. The van der Waals surface area contributed by atoms with Crippen LogP contribution < -0.4 is 4.90 Å². The number of rotatable bonds is 6. The highest BCUT2D eigenvalue weighted by molar-refractivity contribution is 7.92. The molecule has 0 spiro atoms. The van der Waals surface area contributed by atoms with Gasteiger partial charge in [-0.15, -0.1) is 0 Å². The summed E-state index contributed by atoms with van der Waals surface area (Å²) in [5.41, 5.74) is 3.57. The Morgan fingerprint density at radius 1 is 1.22 bits per heavy atom. The number of hydrogen-bond donors (Lipinski definition) is 0. The molecule has 4 rings (SSSR count). The van der Waals surface area contributed by atoms with Crippen molar-refractivity contribution < 1.29 is 17.9 Å². The van der Waals surface area contributed by atoms with Crippen molar-refractivity contribution in [2.24, 2.45) is 0 Å². The van der Waals surface area contributed by atoms with Crippen molar-refractivity contribution in [3.63, 3.8) is 0 Å². The zero-order valence-electron chi connectivity index (χ0n) is 18.8. The normalized spacial score (nSPS) is 16.7. The van der Waals surface area contributed by atoms with Crippen molar-refractivity contribution in [1.82, 2.24) is 4.98 Å². The minimum Gasteiger partial charge on any atom is -0.376 e. The largest absolute Gasteiger partial charge is 0.376 e. The summed E-state index contributed by atoms with van der Waals surface area (Å²) in [4.78, 5) is 20.2. The molecule has 0 bridgehead atoms. The molecule has 1 fully saturated rings. The van der Waals surface area contributed by atoms with E-state index in [2.05, 4.69) is 12.1 Å². The molecule has 2 heterocycles. The van der Waals surface area contributed by atoms with E-state index in [0.717, 1.165) is 34.2 Å². The molecule has 8 heteroatoms. The van der Waals surface area contributed by atoms with Crippen LogP contribution in [0.25, 0.3) is 10.2 Å². The number of anilines is 1. The third-order valence-corrected chi connectivity index (χ3v) is 8.95. The molecular formula is C24H28N2O4S2. The summed E-state index contributed by atoms with van der Waals surface area (Å²) in [5.74, 6) is -0.206. The van der Waals surface area contributed by atoms with Gasteiger partial charge in [-0.25, -0.2) is 13.4 Å². The molecular weight excluding hydrogens is 444 g/mol. The van der Waals surface area contributed by atoms with Crippen LogP contribution in [-0.4, -0.2) is 43.8 Å². The van der Waals surface area contributed by atoms with Gasteiger partial charge in [0.05, 0.1) is 33.0 Å². The van der Waals surface area contributed by atoms with Crippen LogP contribution in [0.3, 0.4) is 0 Å². The van der Waals surface area contributed by atoms with Gasteiger partial charge in [-0.1, -0.05) is 17.4 Å². The van der Waals surface area contributed by atoms with Gasteiger partial charge < -0.3 is 4.74 Å². The van der Waals surface area contributed by atoms with Gasteiger partial charge in [-0.3, -0.25) is 9.69 Å². The Labute approximate surface area is 193 Å². The second-order valence-corrected chi connectivity index (χ2v) is 12.1. The van der Waals surface area contributed by atoms with E-state index >= 15 is 0 Å². The summed E-state index contributed by atoms with van der Waals surface area (Å²) in [6.45, 7) is 8.49. The Morgan fingerprint density at radius 3 is 2.56 bits per heavy atom. The molecule has 1 atom stereocenters. The molecule has 0 aliphatic carbocycles. The first-order valence-electron chi connectivity index (χ1n) is 10.8. The quantitative estimate of drug-likeness (QED) is 0.509. The van der Waals surface area contributed by atoms with Crippen LogP contribution >= 0.6 is 11.3 Å². The van der Waals surface area contributed by atoms with E-state index in [1.807, 2.05) is 13.8 Å². The summed E-state index contributed by atoms with van der Waals surface area (Å²) in [6, 6.07) is 10.4. The maximum Gasteiger partial charge on any atom is 0.260 e. The molecule has 0 N–H and O–H groups in total. The van der Waals surface area contributed by atoms with Gasteiger partial charge in [0.15, 0.2) is 15.0 Å². The number of fused-ring (bicyclic) bond motifs is 1. The van der Waals surface area contributed by atoms with Crippen LogP contribution in [0.4, 0.5) is 5.13 Å². The molecule has 3 aromatic rings. The number of carbonyl (C=O) groups is 1. The second-order valence-electron chi connectivity index (χ2n) is 8.59. The molecule has 0 radical (unpaired) electrons. The van der Waals surface area contributed by atoms with E-state index in [4.69, 9.17) is 9.72 Å². The third kappa shape index (κ3) is 4.44. The fourth-order valence-electron chi connectivity index (χ4n) is 3.93. The Kier molecular flexibility index (Phi) is 6.38. The molecule has 0 saturated carbocycles. The average molecular weight is 473 g/mol. The second kappa shape index (κ2) is 8.92. The zero-order valence-corrected chi connectivity index (χ0v) is 20.4. The standard InChI is InChI=1S/C24H28N2O4S2/c1-15(2)32(28,29)20-9-7-18(8-10-20)23(27)26(14-19-6-5-11-30-19)24-25-22-17(4)12-16(3)13-21(22)31-24/h7-10,12-13,15,19H,5-6,11,14H2,1-4H3. The van der Waals surface area contributed by atoms with Crippen LogP contribution in [-0.2, 0) is 14.6 Å². The highest BCUT2D eigenvalue weighted by Gasteiger charge is 2.28. The van der Waals surface area contributed by atoms with Gasteiger partial charge in [0, 0.05) is 12.2 Å². The Bertz CT molecular complexity index is 1240. The van der Waals surface area contributed by atoms with Crippen molar-refractivity contribution in [2.75, 3.05) is 18.1 Å². The number of benzene rings is 2. The fourth-order valence-corrected chi connectivity index (χ4v) is 6.14. The van der Waals surface area contributed by atoms with E-state index in [0.29, 0.717) is 23.8 Å². The minimum absolute atomic E-state index is 0.0330. The van der Waals surface area contributed by atoms with E-state index in [9.17, 15) is 13.2 Å². The molecule has 1 aliphatic heterocycles. The van der Waals surface area contributed by atoms with Crippen molar-refractivity contribution in [2.45, 2.75) is 56.8 Å². The summed E-state index contributed by atoms with van der Waals surface area (Å²) in [6.07, 6.45) is 1.85. The molecule has 1 aliphatic rings. The van der Waals surface area contributed by atoms with E-state index in [-0.39, 0.29) is 16.9 Å². The van der Waals surface area contributed by atoms with E-state index in [1.54, 1.807) is 30.9 Å². The number of amides is 1. The van der Waals surface area contributed by atoms with Gasteiger partial charge in [0.25, 0.3) is 5.91 Å². The summed E-state index contributed by atoms with van der Waals surface area (Å²) in [5, 5.41) is 0.114. The predicted octanol–water partition coefficient (Wildman–Crippen LogP) is 4.92. The Morgan fingerprint density at radius 2 is 1.94 bits per heavy atom. The van der Waals surface area contributed by atoms with Gasteiger partial charge >= 0.3 is 0 Å². The number of ether oxygens (including phenoxy) is 1. The predicted molar refractivity (Wildman–Crippen MR) is 129 cm³/mol. The molecule has 32 heavy (non-hydrogen) atoms. The van der Waals surface area contributed by atoms with E-state index < -0.39 is 15.1 Å². The van der Waals surface area contributed by atoms with Crippen molar-refractivity contribution in [3.8, 4) is 0 Å². The lowest BCUT2D eigenvalue weighted by molar-refractivity contribution is 0.0917. The Balaban J connectivity index is 1.70. The first kappa shape index (κ1) is 22.9. The summed E-state index contributed by atoms with van der Waals surface area (Å²) in [7, 11) is -3.39. The lowest BCUT2D eigenvalue weighted by Crippen LogP contribution is -2.37. The van der Waals surface area contributed by atoms with Crippen LogP contribution in [0.1, 0.15) is 48.2 Å². The van der Waals surface area contributed by atoms with Gasteiger partial charge in [-0.05, 0) is 82.0 Å². The van der Waals surface area contributed by atoms with Crippen LogP contribution in [0.15, 0.2) is 41.3 Å². The molecule has 1 amide bonds. The highest BCUT2D eigenvalue weighted by Crippen LogP contribution is 2.33. The molecule has 1 saturated heterocycles. The first-order valence-corrected chi connectivity index (χ1v) is 13.2. The number of carbonyl (C=O) groups excluding carboxylic acids is 1. The van der Waals surface area contributed by atoms with Crippen molar-refractivity contribution in [1.29, 1.82) is 0 Å². The lowest BCUT2D eigenvalue weighted by atomic mass is 10.1. The van der Waals surface area contributed by atoms with Gasteiger partial charge in [0.1, 0.15) is 0 Å². The fraction of sp³-hybridized carbons (Fsp3) is 0.417. The average Bonchev–Trinajstić information content (AvgIpc) is 3.41. The molecule has 6 nitrogen and oxygen atoms in total. The number of nitrogens with zero attached hydrogens (tertiary/aromatic N) is 2. The minimum atomic E-state index is -3.39. The van der Waals surface area contributed by atoms with Crippen LogP contribution in [0, 0.1) is 13.8 Å². The third-order valence-electron chi connectivity index (χ3n) is 5.76. The van der Waals surface area contributed by atoms with Gasteiger partial charge in [-0.2, -0.15) is 0 Å². The highest BCUT2D eigenvalue weighted by atomic mass is 32.2. The number of sulfone groups is 1. The maximum atomic E-state index is 13.5. The monoisotopic (exact) mass is 472 g/mol. The van der Waals surface area contributed by atoms with Crippen LogP contribution in [0.5, 0.6) is 0 Å². The van der Waals surface area contributed by atoms with E-state index in [1.165, 1.54) is 23.5 Å². The SMILES string of the molecule is Cc1cc(C)c2nc(N(CC3CCCO3)C(=O)c3ccc(S(=O)(=O)C(C)C)cc3)sc2c1. The number of hydrogen-bond acceptors (Lipinski definition) is 6. The molecule has 1 aromatic heterocycles.